The molecule has 1 atom stereocenters. The van der Waals surface area contributed by atoms with Gasteiger partial charge in [-0.25, -0.2) is 0 Å². The van der Waals surface area contributed by atoms with E-state index in [0.717, 1.165) is 89.9 Å². The summed E-state index contributed by atoms with van der Waals surface area (Å²) in [5, 5.41) is 0. The Morgan fingerprint density at radius 3 is 0.866 bits per heavy atom. The second-order valence-electron chi connectivity index (χ2n) is 19.6. The van der Waals surface area contributed by atoms with Crippen LogP contribution < -0.4 is 0 Å². The fourth-order valence-electron chi connectivity index (χ4n) is 8.39. The maximum Gasteiger partial charge on any atom is 0.306 e. The summed E-state index contributed by atoms with van der Waals surface area (Å²) >= 11 is 0. The fourth-order valence-corrected chi connectivity index (χ4v) is 8.39. The topological polar surface area (TPSA) is 78.9 Å². The average molecular weight is 940 g/mol. The fraction of sp³-hybridized carbons (Fsp3) is 0.820. The minimum absolute atomic E-state index is 0.0791. The number of carbonyl (C=O) groups excluding carboxylic acids is 3. The molecule has 0 amide bonds. The molecule has 0 saturated carbocycles. The highest BCUT2D eigenvalue weighted by Gasteiger charge is 2.19. The lowest BCUT2D eigenvalue weighted by Gasteiger charge is -2.18. The molecule has 0 aliphatic rings. The third-order valence-corrected chi connectivity index (χ3v) is 12.8. The van der Waals surface area contributed by atoms with Gasteiger partial charge in [0, 0.05) is 19.3 Å². The SMILES string of the molecule is CCCCC/C=C\C/C=C\CCCCCCCC(=O)OCC(COC(=O)CCCCCCCCC/C=C\C/C=C\CCCCCC)OC(=O)CCCCCCCCCCCCCCCCCC. The van der Waals surface area contributed by atoms with E-state index in [2.05, 4.69) is 69.4 Å². The molecule has 0 N–H and O–H groups in total. The number of rotatable bonds is 53. The highest BCUT2D eigenvalue weighted by molar-refractivity contribution is 5.71. The second kappa shape index (κ2) is 56.0. The Bertz CT molecular complexity index is 1170. The summed E-state index contributed by atoms with van der Waals surface area (Å²) in [5.41, 5.74) is 0. The molecule has 0 heterocycles. The molecule has 0 spiro atoms. The molecule has 0 aliphatic carbocycles. The number of carbonyl (C=O) groups is 3. The zero-order valence-corrected chi connectivity index (χ0v) is 44.7. The van der Waals surface area contributed by atoms with Crippen molar-refractivity contribution in [2.24, 2.45) is 0 Å². The molecule has 0 bridgehead atoms. The first-order valence-electron chi connectivity index (χ1n) is 29.1. The predicted octanol–water partition coefficient (Wildman–Crippen LogP) is 19.4. The molecule has 67 heavy (non-hydrogen) atoms. The van der Waals surface area contributed by atoms with Gasteiger partial charge in [-0.2, -0.15) is 0 Å². The van der Waals surface area contributed by atoms with Crippen LogP contribution in [0.4, 0.5) is 0 Å². The molecule has 6 nitrogen and oxygen atoms in total. The molecule has 1 unspecified atom stereocenters. The standard InChI is InChI=1S/C61H110O6/c1-4-7-10-13-16-19-22-25-28-30-31-34-36-39-42-45-48-51-54-60(63)66-57-58(56-65-59(62)53-50-47-44-41-38-35-32-27-24-21-18-15-12-9-6-3)67-61(64)55-52-49-46-43-40-37-33-29-26-23-20-17-14-11-8-5-2/h18-19,21-22,27-28,30,32,58H,4-17,20,23-26,29,31,33-57H2,1-3H3/b21-18-,22-19-,30-28-,32-27-. The van der Waals surface area contributed by atoms with E-state index in [1.54, 1.807) is 0 Å². The van der Waals surface area contributed by atoms with Gasteiger partial charge in [0.05, 0.1) is 0 Å². The van der Waals surface area contributed by atoms with E-state index in [4.69, 9.17) is 14.2 Å². The average Bonchev–Trinajstić information content (AvgIpc) is 3.33. The normalized spacial score (nSPS) is 12.3. The van der Waals surface area contributed by atoms with Crippen molar-refractivity contribution in [1.82, 2.24) is 0 Å². The van der Waals surface area contributed by atoms with Crippen LogP contribution in [0.1, 0.15) is 303 Å². The zero-order valence-electron chi connectivity index (χ0n) is 44.7. The number of esters is 3. The van der Waals surface area contributed by atoms with Crippen molar-refractivity contribution in [1.29, 1.82) is 0 Å². The maximum atomic E-state index is 12.9. The van der Waals surface area contributed by atoms with Gasteiger partial charge < -0.3 is 14.2 Å². The number of unbranched alkanes of at least 4 members (excludes halogenated alkanes) is 34. The number of ether oxygens (including phenoxy) is 3. The highest BCUT2D eigenvalue weighted by Crippen LogP contribution is 2.16. The predicted molar refractivity (Wildman–Crippen MR) is 289 cm³/mol. The van der Waals surface area contributed by atoms with Crippen molar-refractivity contribution in [3.8, 4) is 0 Å². The van der Waals surface area contributed by atoms with Crippen LogP contribution in [0.15, 0.2) is 48.6 Å². The molecule has 0 aliphatic heterocycles. The molecular weight excluding hydrogens is 829 g/mol. The highest BCUT2D eigenvalue weighted by atomic mass is 16.6. The van der Waals surface area contributed by atoms with Gasteiger partial charge in [0.1, 0.15) is 13.2 Å². The van der Waals surface area contributed by atoms with Crippen LogP contribution in [0, 0.1) is 0 Å². The van der Waals surface area contributed by atoms with Crippen LogP contribution >= 0.6 is 0 Å². The molecule has 0 saturated heterocycles. The Balaban J connectivity index is 4.38. The largest absolute Gasteiger partial charge is 0.462 e. The second-order valence-corrected chi connectivity index (χ2v) is 19.6. The molecule has 0 aromatic carbocycles. The first-order valence-corrected chi connectivity index (χ1v) is 29.1. The van der Waals surface area contributed by atoms with Crippen molar-refractivity contribution >= 4 is 17.9 Å². The minimum atomic E-state index is -0.780. The van der Waals surface area contributed by atoms with E-state index < -0.39 is 6.10 Å². The van der Waals surface area contributed by atoms with E-state index in [-0.39, 0.29) is 31.1 Å². The van der Waals surface area contributed by atoms with Crippen LogP contribution in [-0.2, 0) is 28.6 Å². The summed E-state index contributed by atoms with van der Waals surface area (Å²) in [6.45, 7) is 6.61. The van der Waals surface area contributed by atoms with Crippen molar-refractivity contribution in [2.45, 2.75) is 309 Å². The third kappa shape index (κ3) is 54.2. The van der Waals surface area contributed by atoms with Gasteiger partial charge in [-0.05, 0) is 83.5 Å². The zero-order chi connectivity index (χ0) is 48.6. The molecule has 0 fully saturated rings. The minimum Gasteiger partial charge on any atom is -0.462 e. The Labute approximate surface area is 416 Å². The van der Waals surface area contributed by atoms with Crippen molar-refractivity contribution in [3.63, 3.8) is 0 Å². The molecular formula is C61H110O6. The number of hydrogen-bond acceptors (Lipinski definition) is 6. The first kappa shape index (κ1) is 64.4. The van der Waals surface area contributed by atoms with E-state index in [1.807, 2.05) is 0 Å². The summed E-state index contributed by atoms with van der Waals surface area (Å²) in [5.74, 6) is -0.884. The van der Waals surface area contributed by atoms with Gasteiger partial charge in [-0.3, -0.25) is 14.4 Å². The van der Waals surface area contributed by atoms with Crippen molar-refractivity contribution < 1.29 is 28.6 Å². The molecule has 0 aromatic rings. The van der Waals surface area contributed by atoms with Gasteiger partial charge in [0.25, 0.3) is 0 Å². The lowest BCUT2D eigenvalue weighted by atomic mass is 10.0. The summed E-state index contributed by atoms with van der Waals surface area (Å²) in [6, 6.07) is 0. The lowest BCUT2D eigenvalue weighted by Crippen LogP contribution is -2.30. The van der Waals surface area contributed by atoms with Crippen LogP contribution in [-0.4, -0.2) is 37.2 Å². The molecule has 0 radical (unpaired) electrons. The number of hydrogen-bond donors (Lipinski definition) is 0. The van der Waals surface area contributed by atoms with Crippen LogP contribution in [0.5, 0.6) is 0 Å². The van der Waals surface area contributed by atoms with Crippen LogP contribution in [0.25, 0.3) is 0 Å². The van der Waals surface area contributed by atoms with Crippen molar-refractivity contribution in [2.75, 3.05) is 13.2 Å². The summed E-state index contributed by atoms with van der Waals surface area (Å²) in [6.07, 6.45) is 68.1. The Kier molecular flexibility index (Phi) is 53.8. The van der Waals surface area contributed by atoms with E-state index in [9.17, 15) is 14.4 Å². The van der Waals surface area contributed by atoms with Crippen LogP contribution in [0.2, 0.25) is 0 Å². The monoisotopic (exact) mass is 939 g/mol. The van der Waals surface area contributed by atoms with Gasteiger partial charge in [-0.1, -0.05) is 249 Å². The van der Waals surface area contributed by atoms with E-state index in [0.29, 0.717) is 19.3 Å². The Hall–Kier alpha value is -2.63. The third-order valence-electron chi connectivity index (χ3n) is 12.8. The van der Waals surface area contributed by atoms with Gasteiger partial charge in [0.2, 0.25) is 0 Å². The van der Waals surface area contributed by atoms with E-state index >= 15 is 0 Å². The lowest BCUT2D eigenvalue weighted by molar-refractivity contribution is -0.167. The Morgan fingerprint density at radius 1 is 0.299 bits per heavy atom. The molecule has 6 heteroatoms. The Morgan fingerprint density at radius 2 is 0.537 bits per heavy atom. The first-order chi connectivity index (χ1) is 33.0. The smallest absolute Gasteiger partial charge is 0.306 e. The summed E-state index contributed by atoms with van der Waals surface area (Å²) in [7, 11) is 0. The molecule has 390 valence electrons. The van der Waals surface area contributed by atoms with Gasteiger partial charge in [0.15, 0.2) is 6.10 Å². The van der Waals surface area contributed by atoms with Gasteiger partial charge >= 0.3 is 17.9 Å². The summed E-state index contributed by atoms with van der Waals surface area (Å²) < 4.78 is 16.9. The van der Waals surface area contributed by atoms with Crippen molar-refractivity contribution in [3.05, 3.63) is 48.6 Å². The number of allylic oxidation sites excluding steroid dienone is 8. The quantitative estimate of drug-likeness (QED) is 0.0262. The van der Waals surface area contributed by atoms with E-state index in [1.165, 1.54) is 173 Å². The molecule has 0 aromatic heterocycles. The van der Waals surface area contributed by atoms with Crippen LogP contribution in [0.3, 0.4) is 0 Å². The maximum absolute atomic E-state index is 12.9. The van der Waals surface area contributed by atoms with Gasteiger partial charge in [-0.15, -0.1) is 0 Å². The summed E-state index contributed by atoms with van der Waals surface area (Å²) in [4.78, 5) is 38.2. The molecule has 0 rings (SSSR count).